The number of piperazine rings is 1. The van der Waals surface area contributed by atoms with Crippen LogP contribution in [0.15, 0.2) is 42.5 Å². The van der Waals surface area contributed by atoms with Crippen LogP contribution in [0, 0.1) is 11.6 Å². The maximum Gasteiger partial charge on any atom is 0.223 e. The van der Waals surface area contributed by atoms with Gasteiger partial charge in [0.25, 0.3) is 0 Å². The predicted molar refractivity (Wildman–Crippen MR) is 102 cm³/mol. The highest BCUT2D eigenvalue weighted by molar-refractivity contribution is 5.85. The van der Waals surface area contributed by atoms with Gasteiger partial charge in [0.15, 0.2) is 11.6 Å². The minimum Gasteiger partial charge on any atom is -0.494 e. The number of hydrogen-bond acceptors (Lipinski definition) is 3. The summed E-state index contributed by atoms with van der Waals surface area (Å²) in [5.41, 5.74) is 1.52. The average molecular weight is 397 g/mol. The molecule has 4 nitrogen and oxygen atoms in total. The van der Waals surface area contributed by atoms with Crippen molar-refractivity contribution in [3.8, 4) is 5.75 Å². The molecule has 1 heterocycles. The predicted octanol–water partition coefficient (Wildman–Crippen LogP) is 3.50. The Labute approximate surface area is 163 Å². The van der Waals surface area contributed by atoms with E-state index in [1.165, 1.54) is 25.3 Å². The standard InChI is InChI=1S/C20H22F2N2O2.ClH/c1-26-19-7-5-14(11-17(19)22)6-8-20(25)24-10-9-23-13-18(24)15-3-2-4-16(21)12-15;/h2-5,7,11-12,18,23H,6,8-10,13H2,1H3;1H. The fraction of sp³-hybridized carbons (Fsp3) is 0.350. The van der Waals surface area contributed by atoms with Crippen molar-refractivity contribution >= 4 is 18.3 Å². The first kappa shape index (κ1) is 21.1. The van der Waals surface area contributed by atoms with Crippen LogP contribution in [0.25, 0.3) is 0 Å². The second-order valence-electron chi connectivity index (χ2n) is 6.33. The number of methoxy groups -OCH3 is 1. The lowest BCUT2D eigenvalue weighted by atomic mass is 10.0. The SMILES string of the molecule is COc1ccc(CCC(=O)N2CCNCC2c2cccc(F)c2)cc1F.Cl. The molecular weight excluding hydrogens is 374 g/mol. The Bertz CT molecular complexity index is 788. The number of amides is 1. The molecule has 27 heavy (non-hydrogen) atoms. The first-order valence-electron chi connectivity index (χ1n) is 8.66. The molecule has 7 heteroatoms. The average Bonchev–Trinajstić information content (AvgIpc) is 2.66. The zero-order valence-corrected chi connectivity index (χ0v) is 15.9. The van der Waals surface area contributed by atoms with Gasteiger partial charge < -0.3 is 15.0 Å². The van der Waals surface area contributed by atoms with Crippen LogP contribution in [0.5, 0.6) is 5.75 Å². The molecule has 1 saturated heterocycles. The van der Waals surface area contributed by atoms with Crippen molar-refractivity contribution < 1.29 is 18.3 Å². The lowest BCUT2D eigenvalue weighted by Crippen LogP contribution is -2.48. The van der Waals surface area contributed by atoms with Crippen molar-refractivity contribution in [3.05, 3.63) is 65.2 Å². The van der Waals surface area contributed by atoms with E-state index in [1.54, 1.807) is 23.1 Å². The fourth-order valence-corrected chi connectivity index (χ4v) is 3.27. The third-order valence-corrected chi connectivity index (χ3v) is 4.64. The Morgan fingerprint density at radius 1 is 1.26 bits per heavy atom. The Balaban J connectivity index is 0.00000261. The first-order chi connectivity index (χ1) is 12.6. The normalized spacial score (nSPS) is 16.6. The molecule has 1 aliphatic heterocycles. The molecule has 1 N–H and O–H groups in total. The van der Waals surface area contributed by atoms with Crippen LogP contribution in [0.4, 0.5) is 8.78 Å². The van der Waals surface area contributed by atoms with Crippen molar-refractivity contribution in [3.63, 3.8) is 0 Å². The van der Waals surface area contributed by atoms with Crippen LogP contribution in [-0.4, -0.2) is 37.6 Å². The molecule has 0 spiro atoms. The second-order valence-corrected chi connectivity index (χ2v) is 6.33. The number of ether oxygens (including phenoxy) is 1. The molecule has 0 aromatic heterocycles. The number of hydrogen-bond donors (Lipinski definition) is 1. The molecule has 2 aromatic rings. The van der Waals surface area contributed by atoms with E-state index in [0.29, 0.717) is 26.1 Å². The Kier molecular flexibility index (Phi) is 7.56. The van der Waals surface area contributed by atoms with Gasteiger partial charge in [-0.15, -0.1) is 12.4 Å². The molecule has 146 valence electrons. The van der Waals surface area contributed by atoms with Crippen LogP contribution in [0.3, 0.4) is 0 Å². The Hall–Kier alpha value is -2.18. The van der Waals surface area contributed by atoms with Crippen LogP contribution >= 0.6 is 12.4 Å². The van der Waals surface area contributed by atoms with Crippen molar-refractivity contribution in [2.45, 2.75) is 18.9 Å². The largest absolute Gasteiger partial charge is 0.494 e. The van der Waals surface area contributed by atoms with Gasteiger partial charge >= 0.3 is 0 Å². The minimum absolute atomic E-state index is 0. The Morgan fingerprint density at radius 3 is 2.78 bits per heavy atom. The Morgan fingerprint density at radius 2 is 2.07 bits per heavy atom. The highest BCUT2D eigenvalue weighted by Crippen LogP contribution is 2.24. The molecule has 1 unspecified atom stereocenters. The molecule has 0 aliphatic carbocycles. The summed E-state index contributed by atoms with van der Waals surface area (Å²) in [5, 5.41) is 3.25. The third-order valence-electron chi connectivity index (χ3n) is 4.64. The quantitative estimate of drug-likeness (QED) is 0.841. The molecule has 1 fully saturated rings. The lowest BCUT2D eigenvalue weighted by Gasteiger charge is -2.36. The number of carbonyl (C=O) groups excluding carboxylic acids is 1. The molecule has 0 radical (unpaired) electrons. The number of carbonyl (C=O) groups is 1. The summed E-state index contributed by atoms with van der Waals surface area (Å²) in [6.07, 6.45) is 0.719. The van der Waals surface area contributed by atoms with Crippen LogP contribution < -0.4 is 10.1 Å². The monoisotopic (exact) mass is 396 g/mol. The van der Waals surface area contributed by atoms with E-state index in [2.05, 4.69) is 5.32 Å². The fourth-order valence-electron chi connectivity index (χ4n) is 3.27. The summed E-state index contributed by atoms with van der Waals surface area (Å²) in [5.74, 6) is -0.572. The van der Waals surface area contributed by atoms with E-state index in [1.807, 2.05) is 6.07 Å². The summed E-state index contributed by atoms with van der Waals surface area (Å²) in [4.78, 5) is 14.5. The molecule has 2 aromatic carbocycles. The van der Waals surface area contributed by atoms with Gasteiger partial charge in [0, 0.05) is 26.1 Å². The molecule has 1 atom stereocenters. The van der Waals surface area contributed by atoms with Gasteiger partial charge in [0.05, 0.1) is 13.2 Å². The molecule has 3 rings (SSSR count). The summed E-state index contributed by atoms with van der Waals surface area (Å²) in [6, 6.07) is 10.9. The van der Waals surface area contributed by atoms with Crippen molar-refractivity contribution in [1.82, 2.24) is 10.2 Å². The van der Waals surface area contributed by atoms with Crippen molar-refractivity contribution in [2.24, 2.45) is 0 Å². The van der Waals surface area contributed by atoms with Crippen molar-refractivity contribution in [2.75, 3.05) is 26.7 Å². The minimum atomic E-state index is -0.433. The lowest BCUT2D eigenvalue weighted by molar-refractivity contribution is -0.134. The molecular formula is C20H23ClF2N2O2. The van der Waals surface area contributed by atoms with E-state index < -0.39 is 5.82 Å². The van der Waals surface area contributed by atoms with E-state index >= 15 is 0 Å². The van der Waals surface area contributed by atoms with Gasteiger partial charge in [0.1, 0.15) is 5.82 Å². The van der Waals surface area contributed by atoms with E-state index in [0.717, 1.165) is 11.1 Å². The van der Waals surface area contributed by atoms with Crippen molar-refractivity contribution in [1.29, 1.82) is 0 Å². The first-order valence-corrected chi connectivity index (χ1v) is 8.66. The number of nitrogens with zero attached hydrogens (tertiary/aromatic N) is 1. The van der Waals surface area contributed by atoms with Crippen LogP contribution in [0.1, 0.15) is 23.6 Å². The van der Waals surface area contributed by atoms with Gasteiger partial charge in [-0.05, 0) is 41.8 Å². The second kappa shape index (κ2) is 9.67. The summed E-state index contributed by atoms with van der Waals surface area (Å²) in [7, 11) is 1.42. The third kappa shape index (κ3) is 5.17. The van der Waals surface area contributed by atoms with E-state index in [9.17, 15) is 13.6 Å². The zero-order valence-electron chi connectivity index (χ0n) is 15.1. The van der Waals surface area contributed by atoms with Gasteiger partial charge in [-0.2, -0.15) is 0 Å². The summed E-state index contributed by atoms with van der Waals surface area (Å²) in [6.45, 7) is 1.86. The molecule has 1 aliphatic rings. The molecule has 1 amide bonds. The molecule has 0 saturated carbocycles. The van der Waals surface area contributed by atoms with Gasteiger partial charge in [-0.3, -0.25) is 4.79 Å². The summed E-state index contributed by atoms with van der Waals surface area (Å²) < 4.78 is 32.2. The maximum absolute atomic E-state index is 13.8. The number of nitrogens with one attached hydrogen (secondary N) is 1. The van der Waals surface area contributed by atoms with E-state index in [-0.39, 0.29) is 42.3 Å². The smallest absolute Gasteiger partial charge is 0.223 e. The number of aryl methyl sites for hydroxylation is 1. The van der Waals surface area contributed by atoms with Crippen LogP contribution in [-0.2, 0) is 11.2 Å². The zero-order chi connectivity index (χ0) is 18.5. The highest BCUT2D eigenvalue weighted by atomic mass is 35.5. The topological polar surface area (TPSA) is 41.6 Å². The maximum atomic E-state index is 13.8. The van der Waals surface area contributed by atoms with Crippen LogP contribution in [0.2, 0.25) is 0 Å². The van der Waals surface area contributed by atoms with Gasteiger partial charge in [0.2, 0.25) is 5.91 Å². The molecule has 0 bridgehead atoms. The van der Waals surface area contributed by atoms with Gasteiger partial charge in [-0.1, -0.05) is 18.2 Å². The van der Waals surface area contributed by atoms with E-state index in [4.69, 9.17) is 4.74 Å². The highest BCUT2D eigenvalue weighted by Gasteiger charge is 2.27. The van der Waals surface area contributed by atoms with Gasteiger partial charge in [-0.25, -0.2) is 8.78 Å². The number of halogens is 3. The number of benzene rings is 2. The summed E-state index contributed by atoms with van der Waals surface area (Å²) >= 11 is 0. The number of rotatable bonds is 5.